The summed E-state index contributed by atoms with van der Waals surface area (Å²) in [4.78, 5) is 19.9. The first-order valence-electron chi connectivity index (χ1n) is 8.84. The van der Waals surface area contributed by atoms with Gasteiger partial charge >= 0.3 is 0 Å². The number of para-hydroxylation sites is 1. The summed E-state index contributed by atoms with van der Waals surface area (Å²) in [6, 6.07) is 19.1. The van der Waals surface area contributed by atoms with Crippen LogP contribution in [0.1, 0.15) is 27.4 Å². The summed E-state index contributed by atoms with van der Waals surface area (Å²) in [5, 5.41) is 4.92. The van der Waals surface area contributed by atoms with E-state index in [-0.39, 0.29) is 17.0 Å². The molecule has 1 unspecified atom stereocenters. The Balaban J connectivity index is 1.69. The molecule has 4 rings (SSSR count). The number of H-pyrrole nitrogens is 1. The first kappa shape index (κ1) is 18.5. The topological polar surface area (TPSA) is 57.8 Å². The third-order valence-electron chi connectivity index (χ3n) is 4.75. The second kappa shape index (κ2) is 8.05. The van der Waals surface area contributed by atoms with E-state index in [1.807, 2.05) is 48.7 Å². The standard InChI is InChI=1S/C22H17Cl2N3O/c23-19-9-3-1-6-14(19)17(18-12-26-20-10-4-2-7-15(18)20)13-27-22(28)16-8-5-11-25-21(16)24/h1-12,17,26H,13H2,(H,27,28). The van der Waals surface area contributed by atoms with E-state index in [0.29, 0.717) is 17.1 Å². The maximum absolute atomic E-state index is 12.6. The number of pyridine rings is 1. The van der Waals surface area contributed by atoms with Crippen LogP contribution in [0.3, 0.4) is 0 Å². The molecule has 2 aromatic carbocycles. The summed E-state index contributed by atoms with van der Waals surface area (Å²) in [7, 11) is 0. The third kappa shape index (κ3) is 3.61. The summed E-state index contributed by atoms with van der Waals surface area (Å²) in [5.41, 5.74) is 3.41. The van der Waals surface area contributed by atoms with Crippen molar-refractivity contribution < 1.29 is 4.79 Å². The van der Waals surface area contributed by atoms with Gasteiger partial charge in [0.15, 0.2) is 0 Å². The van der Waals surface area contributed by atoms with Gasteiger partial charge < -0.3 is 10.3 Å². The highest BCUT2D eigenvalue weighted by Gasteiger charge is 2.22. The van der Waals surface area contributed by atoms with Crippen LogP contribution in [0.4, 0.5) is 0 Å². The highest BCUT2D eigenvalue weighted by molar-refractivity contribution is 6.32. The molecule has 0 fully saturated rings. The molecule has 1 amide bonds. The van der Waals surface area contributed by atoms with Gasteiger partial charge in [0.25, 0.3) is 5.91 Å². The second-order valence-corrected chi connectivity index (χ2v) is 7.18. The summed E-state index contributed by atoms with van der Waals surface area (Å²) >= 11 is 12.5. The average Bonchev–Trinajstić information content (AvgIpc) is 3.14. The number of carbonyl (C=O) groups excluding carboxylic acids is 1. The highest BCUT2D eigenvalue weighted by Crippen LogP contribution is 2.34. The smallest absolute Gasteiger partial charge is 0.254 e. The Hall–Kier alpha value is -2.82. The summed E-state index contributed by atoms with van der Waals surface area (Å²) in [6.45, 7) is 0.371. The minimum atomic E-state index is -0.269. The van der Waals surface area contributed by atoms with Gasteiger partial charge in [-0.3, -0.25) is 4.79 Å². The van der Waals surface area contributed by atoms with E-state index in [1.54, 1.807) is 18.3 Å². The molecule has 6 heteroatoms. The van der Waals surface area contributed by atoms with E-state index in [2.05, 4.69) is 21.4 Å². The fourth-order valence-electron chi connectivity index (χ4n) is 3.37. The minimum Gasteiger partial charge on any atom is -0.361 e. The van der Waals surface area contributed by atoms with Gasteiger partial charge in [0.1, 0.15) is 5.15 Å². The van der Waals surface area contributed by atoms with Gasteiger partial charge in [0.2, 0.25) is 0 Å². The second-order valence-electron chi connectivity index (χ2n) is 6.42. The Morgan fingerprint density at radius 3 is 2.61 bits per heavy atom. The normalized spacial score (nSPS) is 12.1. The van der Waals surface area contributed by atoms with Crippen molar-refractivity contribution in [1.29, 1.82) is 0 Å². The van der Waals surface area contributed by atoms with Crippen LogP contribution in [-0.4, -0.2) is 22.4 Å². The molecular weight excluding hydrogens is 393 g/mol. The largest absolute Gasteiger partial charge is 0.361 e. The number of hydrogen-bond acceptors (Lipinski definition) is 2. The van der Waals surface area contributed by atoms with Crippen LogP contribution < -0.4 is 5.32 Å². The lowest BCUT2D eigenvalue weighted by Gasteiger charge is -2.19. The molecule has 0 aliphatic carbocycles. The number of halogens is 2. The van der Waals surface area contributed by atoms with E-state index in [4.69, 9.17) is 23.2 Å². The van der Waals surface area contributed by atoms with Gasteiger partial charge in [0.05, 0.1) is 5.56 Å². The number of benzene rings is 2. The van der Waals surface area contributed by atoms with Gasteiger partial charge in [-0.1, -0.05) is 59.6 Å². The molecular formula is C22H17Cl2N3O. The van der Waals surface area contributed by atoms with Crippen LogP contribution in [-0.2, 0) is 0 Å². The molecule has 0 radical (unpaired) electrons. The number of carbonyl (C=O) groups is 1. The van der Waals surface area contributed by atoms with E-state index >= 15 is 0 Å². The molecule has 0 saturated carbocycles. The monoisotopic (exact) mass is 409 g/mol. The van der Waals surface area contributed by atoms with Crippen LogP contribution in [0.5, 0.6) is 0 Å². The fraction of sp³-hybridized carbons (Fsp3) is 0.0909. The molecule has 0 aliphatic heterocycles. The van der Waals surface area contributed by atoms with Crippen LogP contribution in [0, 0.1) is 0 Å². The van der Waals surface area contributed by atoms with Crippen molar-refractivity contribution in [3.63, 3.8) is 0 Å². The fourth-order valence-corrected chi connectivity index (χ4v) is 3.85. The van der Waals surface area contributed by atoms with Crippen molar-refractivity contribution in [2.24, 2.45) is 0 Å². The van der Waals surface area contributed by atoms with Crippen molar-refractivity contribution in [1.82, 2.24) is 15.3 Å². The summed E-state index contributed by atoms with van der Waals surface area (Å²) < 4.78 is 0. The molecule has 1 atom stereocenters. The molecule has 4 aromatic rings. The summed E-state index contributed by atoms with van der Waals surface area (Å²) in [6.07, 6.45) is 3.53. The zero-order chi connectivity index (χ0) is 19.5. The van der Waals surface area contributed by atoms with Crippen LogP contribution in [0.2, 0.25) is 10.2 Å². The summed E-state index contributed by atoms with van der Waals surface area (Å²) in [5.74, 6) is -0.390. The van der Waals surface area contributed by atoms with Gasteiger partial charge in [0, 0.05) is 40.8 Å². The maximum atomic E-state index is 12.6. The van der Waals surface area contributed by atoms with Gasteiger partial charge in [-0.25, -0.2) is 4.98 Å². The van der Waals surface area contributed by atoms with E-state index < -0.39 is 0 Å². The Labute approximate surface area is 172 Å². The first-order chi connectivity index (χ1) is 13.6. The van der Waals surface area contributed by atoms with Crippen LogP contribution in [0.15, 0.2) is 73.1 Å². The van der Waals surface area contributed by atoms with E-state index in [1.165, 1.54) is 0 Å². The van der Waals surface area contributed by atoms with Crippen molar-refractivity contribution in [3.05, 3.63) is 99.9 Å². The average molecular weight is 410 g/mol. The lowest BCUT2D eigenvalue weighted by molar-refractivity contribution is 0.0952. The van der Waals surface area contributed by atoms with E-state index in [9.17, 15) is 4.79 Å². The Bertz CT molecular complexity index is 1140. The van der Waals surface area contributed by atoms with Crippen molar-refractivity contribution in [2.45, 2.75) is 5.92 Å². The molecule has 0 saturated heterocycles. The lowest BCUT2D eigenvalue weighted by Crippen LogP contribution is -2.29. The maximum Gasteiger partial charge on any atom is 0.254 e. The van der Waals surface area contributed by atoms with E-state index in [0.717, 1.165) is 22.0 Å². The SMILES string of the molecule is O=C(NCC(c1ccccc1Cl)c1c[nH]c2ccccc12)c1cccnc1Cl. The quantitative estimate of drug-likeness (QED) is 0.431. The number of aromatic nitrogens is 2. The number of nitrogens with zero attached hydrogens (tertiary/aromatic N) is 1. The predicted molar refractivity (Wildman–Crippen MR) is 113 cm³/mol. The highest BCUT2D eigenvalue weighted by atomic mass is 35.5. The van der Waals surface area contributed by atoms with Crippen molar-refractivity contribution >= 4 is 40.0 Å². The number of aromatic amines is 1. The van der Waals surface area contributed by atoms with Gasteiger partial charge in [-0.05, 0) is 35.4 Å². The molecule has 0 spiro atoms. The zero-order valence-corrected chi connectivity index (χ0v) is 16.3. The number of fused-ring (bicyclic) bond motifs is 1. The molecule has 28 heavy (non-hydrogen) atoms. The van der Waals surface area contributed by atoms with Crippen LogP contribution in [0.25, 0.3) is 10.9 Å². The molecule has 140 valence electrons. The minimum absolute atomic E-state index is 0.121. The molecule has 0 aliphatic rings. The predicted octanol–water partition coefficient (Wildman–Crippen LogP) is 5.43. The number of hydrogen-bond donors (Lipinski definition) is 2. The first-order valence-corrected chi connectivity index (χ1v) is 9.60. The van der Waals surface area contributed by atoms with Gasteiger partial charge in [-0.2, -0.15) is 0 Å². The number of amides is 1. The number of rotatable bonds is 5. The number of nitrogens with one attached hydrogen (secondary N) is 2. The third-order valence-corrected chi connectivity index (χ3v) is 5.39. The molecule has 4 nitrogen and oxygen atoms in total. The van der Waals surface area contributed by atoms with Crippen LogP contribution >= 0.6 is 23.2 Å². The Morgan fingerprint density at radius 1 is 1.00 bits per heavy atom. The van der Waals surface area contributed by atoms with Gasteiger partial charge in [-0.15, -0.1) is 0 Å². The molecule has 2 N–H and O–H groups in total. The molecule has 0 bridgehead atoms. The van der Waals surface area contributed by atoms with Crippen molar-refractivity contribution in [2.75, 3.05) is 6.54 Å². The molecule has 2 aromatic heterocycles. The Kier molecular flexibility index (Phi) is 5.33. The molecule has 2 heterocycles. The Morgan fingerprint density at radius 2 is 1.79 bits per heavy atom. The lowest BCUT2D eigenvalue weighted by atomic mass is 9.90. The zero-order valence-electron chi connectivity index (χ0n) is 14.8. The van der Waals surface area contributed by atoms with Crippen molar-refractivity contribution in [3.8, 4) is 0 Å².